The molecule has 2 aromatic rings. The largest absolute Gasteiger partial charge is 0.325 e. The van der Waals surface area contributed by atoms with Crippen LogP contribution in [0.25, 0.3) is 0 Å². The Morgan fingerprint density at radius 2 is 2.09 bits per heavy atom. The number of amides is 1. The van der Waals surface area contributed by atoms with Gasteiger partial charge >= 0.3 is 0 Å². The lowest BCUT2D eigenvalue weighted by atomic mass is 10.1. The Kier molecular flexibility index (Phi) is 5.11. The number of thioether (sulfide) groups is 1. The number of nitrogens with one attached hydrogen (secondary N) is 2. The number of hydrogen-bond donors (Lipinski definition) is 2. The molecule has 0 saturated heterocycles. The number of rotatable bonds is 5. The van der Waals surface area contributed by atoms with Crippen molar-refractivity contribution in [1.82, 2.24) is 9.97 Å². The molecule has 1 atom stereocenters. The van der Waals surface area contributed by atoms with Crippen molar-refractivity contribution in [3.05, 3.63) is 52.4 Å². The smallest absolute Gasteiger partial charge is 0.251 e. The lowest BCUT2D eigenvalue weighted by Gasteiger charge is -2.11. The van der Waals surface area contributed by atoms with Crippen molar-refractivity contribution in [3.8, 4) is 0 Å². The molecule has 1 heterocycles. The first kappa shape index (κ1) is 16.0. The molecule has 0 bridgehead atoms. The molecule has 22 heavy (non-hydrogen) atoms. The molecule has 0 aliphatic carbocycles. The third-order valence-electron chi connectivity index (χ3n) is 2.84. The van der Waals surface area contributed by atoms with Crippen LogP contribution in [0, 0.1) is 0 Å². The number of ketones is 1. The summed E-state index contributed by atoms with van der Waals surface area (Å²) in [5.41, 5.74) is 0.825. The van der Waals surface area contributed by atoms with Crippen LogP contribution in [0.5, 0.6) is 0 Å². The maximum atomic E-state index is 12.1. The molecule has 1 aromatic carbocycles. The summed E-state index contributed by atoms with van der Waals surface area (Å²) in [6.45, 7) is 3.18. The van der Waals surface area contributed by atoms with E-state index in [1.54, 1.807) is 31.2 Å². The third kappa shape index (κ3) is 4.29. The highest BCUT2D eigenvalue weighted by atomic mass is 32.2. The van der Waals surface area contributed by atoms with Crippen LogP contribution in [0.1, 0.15) is 24.2 Å². The van der Waals surface area contributed by atoms with Crippen molar-refractivity contribution in [3.63, 3.8) is 0 Å². The quantitative estimate of drug-likeness (QED) is 0.500. The zero-order chi connectivity index (χ0) is 16.1. The van der Waals surface area contributed by atoms with Crippen molar-refractivity contribution in [2.75, 3.05) is 5.32 Å². The van der Waals surface area contributed by atoms with Crippen molar-refractivity contribution in [2.24, 2.45) is 0 Å². The van der Waals surface area contributed by atoms with Gasteiger partial charge in [0.15, 0.2) is 10.9 Å². The third-order valence-corrected chi connectivity index (χ3v) is 3.84. The van der Waals surface area contributed by atoms with E-state index in [9.17, 15) is 14.4 Å². The van der Waals surface area contributed by atoms with Crippen molar-refractivity contribution in [2.45, 2.75) is 24.3 Å². The van der Waals surface area contributed by atoms with Gasteiger partial charge in [-0.2, -0.15) is 0 Å². The second-order valence-electron chi connectivity index (χ2n) is 4.63. The number of aromatic amines is 1. The zero-order valence-corrected chi connectivity index (χ0v) is 12.9. The molecule has 0 aliphatic heterocycles. The van der Waals surface area contributed by atoms with Crippen LogP contribution in [-0.2, 0) is 4.79 Å². The number of anilines is 1. The van der Waals surface area contributed by atoms with Crippen molar-refractivity contribution < 1.29 is 9.59 Å². The molecule has 7 heteroatoms. The fourth-order valence-electron chi connectivity index (χ4n) is 1.69. The van der Waals surface area contributed by atoms with E-state index in [2.05, 4.69) is 15.3 Å². The Morgan fingerprint density at radius 3 is 2.77 bits per heavy atom. The van der Waals surface area contributed by atoms with Gasteiger partial charge in [-0.3, -0.25) is 14.4 Å². The standard InChI is InChI=1S/C15H15N3O3S/c1-9(19)11-4-3-5-12(8-11)17-14(21)10(2)22-15-16-7-6-13(20)18-15/h3-8,10H,1-2H3,(H,17,21)(H,16,18,20)/t10-/m0/s1. The van der Waals surface area contributed by atoms with E-state index in [1.165, 1.54) is 19.2 Å². The number of benzene rings is 1. The van der Waals surface area contributed by atoms with E-state index in [0.29, 0.717) is 16.4 Å². The first-order valence-electron chi connectivity index (χ1n) is 6.59. The molecule has 0 saturated carbocycles. The predicted molar refractivity (Wildman–Crippen MR) is 85.3 cm³/mol. The van der Waals surface area contributed by atoms with E-state index < -0.39 is 5.25 Å². The summed E-state index contributed by atoms with van der Waals surface area (Å²) in [6, 6.07) is 8.04. The van der Waals surface area contributed by atoms with Crippen LogP contribution in [0.2, 0.25) is 0 Å². The van der Waals surface area contributed by atoms with Gasteiger partial charge in [0.2, 0.25) is 5.91 Å². The lowest BCUT2D eigenvalue weighted by Crippen LogP contribution is -2.23. The molecule has 0 radical (unpaired) electrons. The first-order valence-corrected chi connectivity index (χ1v) is 7.47. The highest BCUT2D eigenvalue weighted by Crippen LogP contribution is 2.20. The molecular weight excluding hydrogens is 302 g/mol. The SMILES string of the molecule is CC(=O)c1cccc(NC(=O)[C@H](C)Sc2nccc(=O)[nH]2)c1. The van der Waals surface area contributed by atoms with E-state index in [-0.39, 0.29) is 17.2 Å². The average molecular weight is 317 g/mol. The van der Waals surface area contributed by atoms with Crippen LogP contribution in [0.15, 0.2) is 46.5 Å². The number of H-pyrrole nitrogens is 1. The topological polar surface area (TPSA) is 91.9 Å². The molecule has 1 aromatic heterocycles. The zero-order valence-electron chi connectivity index (χ0n) is 12.1. The Hall–Kier alpha value is -2.41. The minimum absolute atomic E-state index is 0.0652. The van der Waals surface area contributed by atoms with E-state index >= 15 is 0 Å². The van der Waals surface area contributed by atoms with Gasteiger partial charge in [-0.15, -0.1) is 0 Å². The van der Waals surface area contributed by atoms with Gasteiger partial charge in [-0.05, 0) is 26.0 Å². The number of nitrogens with zero attached hydrogens (tertiary/aromatic N) is 1. The van der Waals surface area contributed by atoms with Crippen LogP contribution >= 0.6 is 11.8 Å². The van der Waals surface area contributed by atoms with Gasteiger partial charge in [0.1, 0.15) is 0 Å². The summed E-state index contributed by atoms with van der Waals surface area (Å²) >= 11 is 1.15. The lowest BCUT2D eigenvalue weighted by molar-refractivity contribution is -0.115. The maximum Gasteiger partial charge on any atom is 0.251 e. The summed E-state index contributed by atoms with van der Waals surface area (Å²) in [4.78, 5) is 41.2. The second kappa shape index (κ2) is 7.04. The molecule has 0 unspecified atom stereocenters. The van der Waals surface area contributed by atoms with Crippen LogP contribution in [0.3, 0.4) is 0 Å². The Morgan fingerprint density at radius 1 is 1.32 bits per heavy atom. The summed E-state index contributed by atoms with van der Waals surface area (Å²) in [6.07, 6.45) is 1.39. The molecule has 1 amide bonds. The Labute approximate surface area is 131 Å². The summed E-state index contributed by atoms with van der Waals surface area (Å²) in [5, 5.41) is 2.67. The van der Waals surface area contributed by atoms with Crippen molar-refractivity contribution in [1.29, 1.82) is 0 Å². The van der Waals surface area contributed by atoms with E-state index in [0.717, 1.165) is 11.8 Å². The van der Waals surface area contributed by atoms with Gasteiger partial charge in [0.05, 0.1) is 5.25 Å². The number of carbonyl (C=O) groups is 2. The molecule has 2 rings (SSSR count). The van der Waals surface area contributed by atoms with Gasteiger partial charge in [-0.1, -0.05) is 23.9 Å². The van der Waals surface area contributed by atoms with E-state index in [4.69, 9.17) is 0 Å². The average Bonchev–Trinajstić information content (AvgIpc) is 2.47. The summed E-state index contributed by atoms with van der Waals surface area (Å²) in [7, 11) is 0. The number of hydrogen-bond acceptors (Lipinski definition) is 5. The molecule has 0 aliphatic rings. The minimum atomic E-state index is -0.452. The molecule has 0 fully saturated rings. The van der Waals surface area contributed by atoms with Crippen LogP contribution in [-0.4, -0.2) is 26.9 Å². The maximum absolute atomic E-state index is 12.1. The number of Topliss-reactive ketones (excluding diaryl/α,β-unsaturated/α-hetero) is 1. The fourth-order valence-corrected chi connectivity index (χ4v) is 2.47. The van der Waals surface area contributed by atoms with Gasteiger partial charge in [0.25, 0.3) is 5.56 Å². The van der Waals surface area contributed by atoms with E-state index in [1.807, 2.05) is 0 Å². The molecule has 2 N–H and O–H groups in total. The number of carbonyl (C=O) groups excluding carboxylic acids is 2. The number of aromatic nitrogens is 2. The highest BCUT2D eigenvalue weighted by molar-refractivity contribution is 8.00. The molecule has 114 valence electrons. The van der Waals surface area contributed by atoms with Gasteiger partial charge in [0, 0.05) is 23.5 Å². The summed E-state index contributed by atoms with van der Waals surface area (Å²) in [5.74, 6) is -0.304. The van der Waals surface area contributed by atoms with Crippen LogP contribution < -0.4 is 10.9 Å². The molecule has 6 nitrogen and oxygen atoms in total. The predicted octanol–water partition coefficient (Wildman–Crippen LogP) is 2.09. The second-order valence-corrected chi connectivity index (χ2v) is 5.96. The fraction of sp³-hybridized carbons (Fsp3) is 0.200. The minimum Gasteiger partial charge on any atom is -0.325 e. The first-order chi connectivity index (χ1) is 10.5. The normalized spacial score (nSPS) is 11.7. The highest BCUT2D eigenvalue weighted by Gasteiger charge is 2.16. The Balaban J connectivity index is 2.03. The monoisotopic (exact) mass is 317 g/mol. The van der Waals surface area contributed by atoms with Crippen LogP contribution in [0.4, 0.5) is 5.69 Å². The Bertz CT molecular complexity index is 757. The van der Waals surface area contributed by atoms with Gasteiger partial charge < -0.3 is 10.3 Å². The molecule has 0 spiro atoms. The van der Waals surface area contributed by atoms with Crippen molar-refractivity contribution >= 4 is 29.1 Å². The van der Waals surface area contributed by atoms with Gasteiger partial charge in [-0.25, -0.2) is 4.98 Å². The molecular formula is C15H15N3O3S. The summed E-state index contributed by atoms with van der Waals surface area (Å²) < 4.78 is 0.